The Labute approximate surface area is 255 Å². The van der Waals surface area contributed by atoms with Crippen molar-refractivity contribution in [1.29, 1.82) is 0 Å². The summed E-state index contributed by atoms with van der Waals surface area (Å²) in [5, 5.41) is 0. The highest BCUT2D eigenvalue weighted by atomic mass is 16.5. The number of carbonyl (C=O) groups is 2. The zero-order valence-corrected chi connectivity index (χ0v) is 23.6. The standard InChI is InChI=1S/C38H25N3O3/c42-36-16-17-37(43)41(36)26-27-44-38-34(14-8-28-4-10-30(11-5-28)32-18-22-39-23-19-32)2-1-3-35(38)15-9-29-6-12-31(13-7-29)33-20-24-40-25-21-33/h1-7,10-13,16-25H,26-27H2. The number of amides is 2. The molecule has 1 aliphatic rings. The zero-order valence-electron chi connectivity index (χ0n) is 23.6. The smallest absolute Gasteiger partial charge is 0.253 e. The van der Waals surface area contributed by atoms with Crippen molar-refractivity contribution in [2.75, 3.05) is 13.2 Å². The highest BCUT2D eigenvalue weighted by Crippen LogP contribution is 2.25. The number of hydrogen-bond donors (Lipinski definition) is 0. The van der Waals surface area contributed by atoms with Gasteiger partial charge in [0, 0.05) is 48.1 Å². The molecule has 0 saturated carbocycles. The average molecular weight is 572 g/mol. The SMILES string of the molecule is O=C1C=CC(=O)N1CCOc1c(C#Cc2ccc(-c3ccncc3)cc2)cccc1C#Cc1ccc(-c2ccncc2)cc1. The summed E-state index contributed by atoms with van der Waals surface area (Å²) in [5.41, 5.74) is 7.32. The Morgan fingerprint density at radius 1 is 0.545 bits per heavy atom. The van der Waals surface area contributed by atoms with Gasteiger partial charge in [-0.15, -0.1) is 0 Å². The van der Waals surface area contributed by atoms with Crippen LogP contribution in [0.25, 0.3) is 22.3 Å². The van der Waals surface area contributed by atoms with E-state index in [4.69, 9.17) is 4.74 Å². The Bertz CT molecular complexity index is 1820. The van der Waals surface area contributed by atoms with Crippen LogP contribution >= 0.6 is 0 Å². The van der Waals surface area contributed by atoms with Crippen LogP contribution in [0.3, 0.4) is 0 Å². The van der Waals surface area contributed by atoms with Gasteiger partial charge in [0.2, 0.25) is 0 Å². The lowest BCUT2D eigenvalue weighted by molar-refractivity contribution is -0.137. The number of aromatic nitrogens is 2. The summed E-state index contributed by atoms with van der Waals surface area (Å²) in [4.78, 5) is 33.3. The van der Waals surface area contributed by atoms with Gasteiger partial charge in [-0.25, -0.2) is 0 Å². The maximum absolute atomic E-state index is 12.0. The lowest BCUT2D eigenvalue weighted by Gasteiger charge is -2.15. The topological polar surface area (TPSA) is 72.4 Å². The molecule has 3 heterocycles. The molecule has 6 nitrogen and oxygen atoms in total. The van der Waals surface area contributed by atoms with Gasteiger partial charge < -0.3 is 4.74 Å². The molecule has 6 heteroatoms. The van der Waals surface area contributed by atoms with E-state index in [9.17, 15) is 9.59 Å². The van der Waals surface area contributed by atoms with Crippen LogP contribution in [-0.4, -0.2) is 39.8 Å². The van der Waals surface area contributed by atoms with Crippen LogP contribution in [0.4, 0.5) is 0 Å². The molecule has 0 fully saturated rings. The third kappa shape index (κ3) is 6.62. The molecule has 3 aromatic carbocycles. The van der Waals surface area contributed by atoms with Gasteiger partial charge >= 0.3 is 0 Å². The van der Waals surface area contributed by atoms with Crippen molar-refractivity contribution in [3.63, 3.8) is 0 Å². The maximum atomic E-state index is 12.0. The van der Waals surface area contributed by atoms with E-state index in [0.29, 0.717) is 16.9 Å². The van der Waals surface area contributed by atoms with Crippen LogP contribution in [0.5, 0.6) is 5.75 Å². The molecule has 2 amide bonds. The number of rotatable bonds is 6. The number of para-hydroxylation sites is 1. The molecule has 0 saturated heterocycles. The summed E-state index contributed by atoms with van der Waals surface area (Å²) in [7, 11) is 0. The van der Waals surface area contributed by atoms with Gasteiger partial charge in [0.05, 0.1) is 17.7 Å². The minimum atomic E-state index is -0.350. The average Bonchev–Trinajstić information content (AvgIpc) is 3.40. The van der Waals surface area contributed by atoms with Gasteiger partial charge in [0.25, 0.3) is 11.8 Å². The minimum Gasteiger partial charge on any atom is -0.489 e. The summed E-state index contributed by atoms with van der Waals surface area (Å²) < 4.78 is 6.17. The van der Waals surface area contributed by atoms with Crippen LogP contribution in [0.2, 0.25) is 0 Å². The van der Waals surface area contributed by atoms with Gasteiger partial charge in [-0.2, -0.15) is 0 Å². The predicted molar refractivity (Wildman–Crippen MR) is 169 cm³/mol. The van der Waals surface area contributed by atoms with Crippen molar-refractivity contribution >= 4 is 11.8 Å². The van der Waals surface area contributed by atoms with Crippen molar-refractivity contribution in [2.24, 2.45) is 0 Å². The van der Waals surface area contributed by atoms with Crippen LogP contribution in [0.15, 0.2) is 128 Å². The largest absolute Gasteiger partial charge is 0.489 e. The summed E-state index contributed by atoms with van der Waals surface area (Å²) in [6.07, 6.45) is 9.60. The molecule has 44 heavy (non-hydrogen) atoms. The summed E-state index contributed by atoms with van der Waals surface area (Å²) in [6, 6.07) is 29.5. The van der Waals surface area contributed by atoms with Crippen LogP contribution < -0.4 is 4.74 Å². The lowest BCUT2D eigenvalue weighted by atomic mass is 10.0. The van der Waals surface area contributed by atoms with Crippen molar-refractivity contribution in [3.05, 3.63) is 150 Å². The van der Waals surface area contributed by atoms with E-state index in [1.54, 1.807) is 24.8 Å². The summed E-state index contributed by atoms with van der Waals surface area (Å²) in [5.74, 6) is 12.7. The van der Waals surface area contributed by atoms with E-state index in [1.807, 2.05) is 91.0 Å². The Balaban J connectivity index is 1.26. The minimum absolute atomic E-state index is 0.105. The molecule has 210 valence electrons. The Morgan fingerprint density at radius 2 is 0.977 bits per heavy atom. The first-order valence-corrected chi connectivity index (χ1v) is 14.0. The Morgan fingerprint density at radius 3 is 1.43 bits per heavy atom. The van der Waals surface area contributed by atoms with Crippen LogP contribution in [0.1, 0.15) is 22.3 Å². The van der Waals surface area contributed by atoms with Gasteiger partial charge in [-0.3, -0.25) is 24.5 Å². The molecule has 0 unspecified atom stereocenters. The quantitative estimate of drug-likeness (QED) is 0.187. The highest BCUT2D eigenvalue weighted by Gasteiger charge is 2.23. The molecule has 0 bridgehead atoms. The van der Waals surface area contributed by atoms with E-state index in [2.05, 4.69) is 33.6 Å². The Hall–Kier alpha value is -6.24. The number of ether oxygens (including phenoxy) is 1. The van der Waals surface area contributed by atoms with E-state index < -0.39 is 0 Å². The first kappa shape index (κ1) is 27.9. The normalized spacial score (nSPS) is 11.9. The second-order valence-corrected chi connectivity index (χ2v) is 9.82. The van der Waals surface area contributed by atoms with Crippen molar-refractivity contribution < 1.29 is 14.3 Å². The molecule has 1 aliphatic heterocycles. The van der Waals surface area contributed by atoms with E-state index in [0.717, 1.165) is 38.3 Å². The molecule has 0 spiro atoms. The van der Waals surface area contributed by atoms with Gasteiger partial charge in [-0.1, -0.05) is 54.0 Å². The number of nitrogens with zero attached hydrogens (tertiary/aromatic N) is 3. The van der Waals surface area contributed by atoms with E-state index >= 15 is 0 Å². The summed E-state index contributed by atoms with van der Waals surface area (Å²) in [6.45, 7) is 0.222. The highest BCUT2D eigenvalue weighted by molar-refractivity contribution is 6.12. The summed E-state index contributed by atoms with van der Waals surface area (Å²) >= 11 is 0. The molecule has 6 rings (SSSR count). The van der Waals surface area contributed by atoms with Gasteiger partial charge in [-0.05, 0) is 82.9 Å². The molecule has 0 N–H and O–H groups in total. The third-order valence-electron chi connectivity index (χ3n) is 6.96. The first-order chi connectivity index (χ1) is 21.6. The predicted octanol–water partition coefficient (Wildman–Crippen LogP) is 5.91. The van der Waals surface area contributed by atoms with Crippen molar-refractivity contribution in [1.82, 2.24) is 14.9 Å². The fourth-order valence-corrected chi connectivity index (χ4v) is 4.64. The van der Waals surface area contributed by atoms with E-state index in [-0.39, 0.29) is 25.0 Å². The van der Waals surface area contributed by atoms with Crippen molar-refractivity contribution in [3.8, 4) is 51.7 Å². The van der Waals surface area contributed by atoms with Gasteiger partial charge in [0.1, 0.15) is 6.61 Å². The maximum Gasteiger partial charge on any atom is 0.253 e. The van der Waals surface area contributed by atoms with Gasteiger partial charge in [0.15, 0.2) is 5.75 Å². The molecule has 0 aliphatic carbocycles. The third-order valence-corrected chi connectivity index (χ3v) is 6.96. The first-order valence-electron chi connectivity index (χ1n) is 14.0. The molecule has 2 aromatic heterocycles. The second-order valence-electron chi connectivity index (χ2n) is 9.82. The molecular weight excluding hydrogens is 546 g/mol. The van der Waals surface area contributed by atoms with Crippen molar-refractivity contribution in [2.45, 2.75) is 0 Å². The molecule has 0 radical (unpaired) electrons. The molecule has 5 aromatic rings. The number of pyridine rings is 2. The Kier molecular flexibility index (Phi) is 8.35. The fraction of sp³-hybridized carbons (Fsp3) is 0.0526. The monoisotopic (exact) mass is 571 g/mol. The number of hydrogen-bond acceptors (Lipinski definition) is 5. The second kappa shape index (κ2) is 13.2. The van der Waals surface area contributed by atoms with E-state index in [1.165, 1.54) is 12.2 Å². The zero-order chi connectivity index (χ0) is 30.1. The van der Waals surface area contributed by atoms with Crippen LogP contribution in [-0.2, 0) is 9.59 Å². The van der Waals surface area contributed by atoms with Crippen LogP contribution in [0, 0.1) is 23.7 Å². The number of benzene rings is 3. The number of imide groups is 1. The fourth-order valence-electron chi connectivity index (χ4n) is 4.64. The molecular formula is C38H25N3O3. The lowest BCUT2D eigenvalue weighted by Crippen LogP contribution is -2.33. The number of carbonyl (C=O) groups excluding carboxylic acids is 2. The molecule has 0 atom stereocenters.